The molecule has 8 aromatic rings. The third-order valence-corrected chi connectivity index (χ3v) is 12.9. The largest absolute Gasteiger partial charge is 0.319 e. The number of rotatable bonds is 6. The van der Waals surface area contributed by atoms with Gasteiger partial charge in [-0.2, -0.15) is 40.7 Å². The van der Waals surface area contributed by atoms with Crippen LogP contribution in [0.1, 0.15) is 25.5 Å². The van der Waals surface area contributed by atoms with Crippen molar-refractivity contribution in [2.24, 2.45) is 0 Å². The Kier molecular flexibility index (Phi) is 8.31. The van der Waals surface area contributed by atoms with Crippen LogP contribution < -0.4 is 10.4 Å². The summed E-state index contributed by atoms with van der Waals surface area (Å²) in [6.45, 7) is 11.4. The van der Waals surface area contributed by atoms with Crippen molar-refractivity contribution in [2.75, 3.05) is 0 Å². The number of fused-ring (bicyclic) bond motifs is 4. The molecule has 0 aliphatic rings. The van der Waals surface area contributed by atoms with Gasteiger partial charge in [-0.1, -0.05) is 61.1 Å². The Morgan fingerprint density at radius 3 is 2.21 bits per heavy atom. The van der Waals surface area contributed by atoms with Crippen LogP contribution in [0.25, 0.3) is 55.5 Å². The van der Waals surface area contributed by atoms with E-state index in [0.29, 0.717) is 6.04 Å². The number of nitrogens with zero attached hydrogens (tertiary/aromatic N) is 4. The van der Waals surface area contributed by atoms with Crippen molar-refractivity contribution in [2.45, 2.75) is 39.9 Å². The van der Waals surface area contributed by atoms with Crippen molar-refractivity contribution in [3.8, 4) is 22.6 Å². The Balaban J connectivity index is 0.00000364. The first-order chi connectivity index (χ1) is 22.8. The predicted octanol–water partition coefficient (Wildman–Crippen LogP) is 9.18. The van der Waals surface area contributed by atoms with Crippen LogP contribution in [0, 0.1) is 19.1 Å². The van der Waals surface area contributed by atoms with Crippen molar-refractivity contribution in [1.29, 1.82) is 0 Å². The summed E-state index contributed by atoms with van der Waals surface area (Å²) >= 11 is 0. The van der Waals surface area contributed by atoms with Crippen molar-refractivity contribution in [3.05, 3.63) is 145 Å². The minimum absolute atomic E-state index is 0. The van der Waals surface area contributed by atoms with Gasteiger partial charge in [0.1, 0.15) is 5.82 Å². The summed E-state index contributed by atoms with van der Waals surface area (Å²) in [5.41, 5.74) is 9.30. The standard InChI is InChI=1S/C42H37N4Si.Pt/c1-29(2)44-28-45(40-20-11-10-19-39(40)44)32-14-12-15-33(26-32)47(4,5)34-21-22-37-36-17-8-9-18-38(36)46(41(37)27-34)42-25-31(23-24-43-42)35-16-7-6-13-30(35)3;/h6-25,28-29H,1-5H3;/q-1;. The second-order valence-electron chi connectivity index (χ2n) is 13.3. The minimum atomic E-state index is -2.23. The molecule has 240 valence electrons. The molecule has 0 radical (unpaired) electrons. The maximum atomic E-state index is 4.92. The number of hydrogen-bond acceptors (Lipinski definition) is 1. The second-order valence-corrected chi connectivity index (χ2v) is 17.6. The summed E-state index contributed by atoms with van der Waals surface area (Å²) in [6, 6.07) is 49.4. The van der Waals surface area contributed by atoms with E-state index in [0.717, 1.165) is 28.1 Å². The van der Waals surface area contributed by atoms with Crippen LogP contribution in [-0.2, 0) is 21.1 Å². The first-order valence-corrected chi connectivity index (χ1v) is 19.3. The fraction of sp³-hybridized carbons (Fsp3) is 0.143. The van der Waals surface area contributed by atoms with Gasteiger partial charge in [0.05, 0.1) is 14.1 Å². The van der Waals surface area contributed by atoms with Crippen LogP contribution in [0.3, 0.4) is 0 Å². The molecule has 4 nitrogen and oxygen atoms in total. The minimum Gasteiger partial charge on any atom is -0.319 e. The van der Waals surface area contributed by atoms with E-state index in [4.69, 9.17) is 4.98 Å². The molecule has 48 heavy (non-hydrogen) atoms. The van der Waals surface area contributed by atoms with Crippen LogP contribution in [0.15, 0.2) is 128 Å². The zero-order chi connectivity index (χ0) is 32.3. The van der Waals surface area contributed by atoms with Gasteiger partial charge in [-0.3, -0.25) is 0 Å². The summed E-state index contributed by atoms with van der Waals surface area (Å²) in [7, 11) is -2.23. The summed E-state index contributed by atoms with van der Waals surface area (Å²) in [5, 5.41) is 4.89. The van der Waals surface area contributed by atoms with Crippen molar-refractivity contribution in [1.82, 2.24) is 18.7 Å². The van der Waals surface area contributed by atoms with E-state index in [1.54, 1.807) is 0 Å². The SMILES string of the molecule is Cc1ccccc1-c1ccnc(-n2c3[c-]c([Si](C)(C)c4[c-]c(-n5[cH+]n(C(C)C)c6ccccc65)ccc4)ccc3c3ccccc32)c1.[Pt]. The Morgan fingerprint density at radius 1 is 0.708 bits per heavy atom. The van der Waals surface area contributed by atoms with Crippen LogP contribution >= 0.6 is 0 Å². The molecule has 0 unspecified atom stereocenters. The molecule has 0 aliphatic heterocycles. The Morgan fingerprint density at radius 2 is 1.42 bits per heavy atom. The molecule has 8 rings (SSSR count). The van der Waals surface area contributed by atoms with E-state index in [1.807, 2.05) is 6.20 Å². The third-order valence-electron chi connectivity index (χ3n) is 9.62. The van der Waals surface area contributed by atoms with Gasteiger partial charge in [0.2, 0.25) is 0 Å². The molecule has 3 aromatic heterocycles. The average molecular weight is 821 g/mol. The number of aromatic nitrogens is 4. The van der Waals surface area contributed by atoms with E-state index >= 15 is 0 Å². The average Bonchev–Trinajstić information content (AvgIpc) is 3.65. The van der Waals surface area contributed by atoms with Gasteiger partial charge in [0, 0.05) is 50.6 Å². The summed E-state index contributed by atoms with van der Waals surface area (Å²) in [5.74, 6) is 0.899. The maximum Gasteiger partial charge on any atom is 0.188 e. The summed E-state index contributed by atoms with van der Waals surface area (Å²) in [4.78, 5) is 4.92. The molecule has 0 atom stereocenters. The van der Waals surface area contributed by atoms with E-state index in [2.05, 4.69) is 181 Å². The quantitative estimate of drug-likeness (QED) is 0.122. The molecule has 0 aliphatic carbocycles. The topological polar surface area (TPSA) is 27.7 Å². The van der Waals surface area contributed by atoms with Gasteiger partial charge in [-0.25, -0.2) is 14.1 Å². The van der Waals surface area contributed by atoms with E-state index in [9.17, 15) is 0 Å². The first kappa shape index (κ1) is 32.0. The molecule has 0 saturated heterocycles. The van der Waals surface area contributed by atoms with Crippen LogP contribution in [0.2, 0.25) is 13.1 Å². The molecule has 0 spiro atoms. The number of para-hydroxylation sites is 3. The smallest absolute Gasteiger partial charge is 0.188 e. The van der Waals surface area contributed by atoms with Crippen LogP contribution in [0.4, 0.5) is 0 Å². The third kappa shape index (κ3) is 5.26. The number of hydrogen-bond donors (Lipinski definition) is 0. The number of pyridine rings is 1. The van der Waals surface area contributed by atoms with Gasteiger partial charge in [0.25, 0.3) is 0 Å². The fourth-order valence-electron chi connectivity index (χ4n) is 6.95. The fourth-order valence-corrected chi connectivity index (χ4v) is 9.12. The second kappa shape index (κ2) is 12.5. The van der Waals surface area contributed by atoms with Gasteiger partial charge < -0.3 is 4.57 Å². The van der Waals surface area contributed by atoms with Crippen molar-refractivity contribution >= 4 is 51.3 Å². The molecule has 0 saturated carbocycles. The molecule has 0 amide bonds. The van der Waals surface area contributed by atoms with Gasteiger partial charge in [-0.05, 0) is 73.2 Å². The van der Waals surface area contributed by atoms with E-state index < -0.39 is 8.07 Å². The van der Waals surface area contributed by atoms with Gasteiger partial charge in [0.15, 0.2) is 17.4 Å². The number of aryl methyl sites for hydroxylation is 1. The Bertz CT molecular complexity index is 2450. The molecule has 0 fully saturated rings. The molecule has 3 heterocycles. The normalized spacial score (nSPS) is 11.9. The zero-order valence-corrected chi connectivity index (χ0v) is 31.1. The van der Waals surface area contributed by atoms with Crippen LogP contribution in [-0.4, -0.2) is 26.8 Å². The predicted molar refractivity (Wildman–Crippen MR) is 199 cm³/mol. The Labute approximate surface area is 297 Å². The molecule has 5 aromatic carbocycles. The number of imidazole rings is 1. The molecule has 0 bridgehead atoms. The number of benzene rings is 5. The van der Waals surface area contributed by atoms with Crippen molar-refractivity contribution in [3.63, 3.8) is 0 Å². The molecule has 6 heteroatoms. The van der Waals surface area contributed by atoms with Crippen molar-refractivity contribution < 1.29 is 21.1 Å². The first-order valence-electron chi connectivity index (χ1n) is 16.3. The zero-order valence-electron chi connectivity index (χ0n) is 27.8. The Hall–Kier alpha value is -4.57. The van der Waals surface area contributed by atoms with E-state index in [-0.39, 0.29) is 21.1 Å². The molecule has 0 N–H and O–H groups in total. The van der Waals surface area contributed by atoms with Crippen LogP contribution in [0.5, 0.6) is 0 Å². The summed E-state index contributed by atoms with van der Waals surface area (Å²) < 4.78 is 6.90. The van der Waals surface area contributed by atoms with Gasteiger partial charge in [-0.15, -0.1) is 17.5 Å². The summed E-state index contributed by atoms with van der Waals surface area (Å²) in [6.07, 6.45) is 4.14. The maximum absolute atomic E-state index is 4.92. The molecular formula is C42H37N4PtSi-. The van der Waals surface area contributed by atoms with Gasteiger partial charge >= 0.3 is 0 Å². The molecular weight excluding hydrogens is 784 g/mol. The van der Waals surface area contributed by atoms with E-state index in [1.165, 1.54) is 43.3 Å². The monoisotopic (exact) mass is 820 g/mol.